The highest BCUT2D eigenvalue weighted by Gasteiger charge is 2.76. The van der Waals surface area contributed by atoms with Crippen LogP contribution in [0.1, 0.15) is 179 Å². The zero-order chi connectivity index (χ0) is 47.6. The molecule has 0 radical (unpaired) electrons. The Morgan fingerprint density at radius 1 is 0.785 bits per heavy atom. The topological polar surface area (TPSA) is 148 Å². The van der Waals surface area contributed by atoms with E-state index in [-0.39, 0.29) is 70.1 Å². The van der Waals surface area contributed by atoms with Crippen LogP contribution in [0.15, 0.2) is 41.5 Å². The van der Waals surface area contributed by atoms with Gasteiger partial charge < -0.3 is 25.2 Å². The van der Waals surface area contributed by atoms with Gasteiger partial charge in [-0.3, -0.25) is 19.2 Å². The van der Waals surface area contributed by atoms with Crippen LogP contribution in [-0.2, 0) is 35.3 Å². The fourth-order valence-electron chi connectivity index (χ4n) is 17.2. The molecule has 2 amide bonds. The largest absolute Gasteiger partial charge is 0.481 e. The maximum absolute atomic E-state index is 14.8. The number of Topliss-reactive ketones (excluding diaryl/α,β-unsaturated/α-hetero) is 1. The molecule has 0 bridgehead atoms. The van der Waals surface area contributed by atoms with E-state index in [1.54, 1.807) is 0 Å². The molecule has 7 aliphatic carbocycles. The molecule has 10 nitrogen and oxygen atoms in total. The molecular weight excluding hydrogens is 817 g/mol. The van der Waals surface area contributed by atoms with Crippen molar-refractivity contribution in [2.24, 2.45) is 68.0 Å². The van der Waals surface area contributed by atoms with E-state index in [4.69, 9.17) is 9.47 Å². The second-order valence-electron chi connectivity index (χ2n) is 25.4. The van der Waals surface area contributed by atoms with Gasteiger partial charge in [-0.1, -0.05) is 105 Å². The molecule has 8 rings (SSSR count). The van der Waals surface area contributed by atoms with E-state index in [9.17, 15) is 29.1 Å². The van der Waals surface area contributed by atoms with Crippen molar-refractivity contribution in [3.63, 3.8) is 0 Å². The van der Waals surface area contributed by atoms with E-state index < -0.39 is 45.5 Å². The standard InChI is InChI=1S/C55H80N2O8/c1-33(2)41-37(58)31-54(56-44(60)53(24-16-17-25-53)57-46(63)65-47(3,4)5)29-28-51(11)35(42(41)54)20-21-40-50(10)26-22-39(48(6,7)38(50)23-27-52(40,51)12)55(45(61)62)30-36(49(55,8)9)43(59)64-32-34-18-14-13-15-19-34/h13-15,18-19,33,35-36,38-40H,16-17,20-32H2,1-12H3,(H,56,60)(H,57,63)(H,61,62)/t35-,36+,38-,39+,40-,50-,51-,52-,54-,55-/m1/s1. The zero-order valence-electron chi connectivity index (χ0n) is 41.8. The summed E-state index contributed by atoms with van der Waals surface area (Å²) < 4.78 is 11.5. The van der Waals surface area contributed by atoms with Crippen LogP contribution in [0.5, 0.6) is 0 Å². The Hall–Kier alpha value is -3.69. The van der Waals surface area contributed by atoms with Crippen LogP contribution in [-0.4, -0.2) is 51.5 Å². The third kappa shape index (κ3) is 6.99. The number of fused-ring (bicyclic) bond motifs is 7. The smallest absolute Gasteiger partial charge is 0.408 e. The Kier molecular flexibility index (Phi) is 11.5. The van der Waals surface area contributed by atoms with Crippen molar-refractivity contribution < 1.29 is 38.6 Å². The molecule has 3 N–H and O–H groups in total. The van der Waals surface area contributed by atoms with Crippen LogP contribution >= 0.6 is 0 Å². The second kappa shape index (κ2) is 15.7. The predicted molar refractivity (Wildman–Crippen MR) is 250 cm³/mol. The van der Waals surface area contributed by atoms with Gasteiger partial charge in [0.25, 0.3) is 0 Å². The molecular formula is C55H80N2O8. The summed E-state index contributed by atoms with van der Waals surface area (Å²) in [6.07, 6.45) is 9.90. The van der Waals surface area contributed by atoms with E-state index in [2.05, 4.69) is 59.1 Å². The number of benzene rings is 1. The fraction of sp³-hybridized carbons (Fsp3) is 0.764. The third-order valence-electron chi connectivity index (χ3n) is 20.5. The molecule has 7 aliphatic rings. The van der Waals surface area contributed by atoms with Gasteiger partial charge in [-0.15, -0.1) is 0 Å². The number of carboxylic acids is 1. The molecule has 1 aromatic carbocycles. The minimum Gasteiger partial charge on any atom is -0.481 e. The van der Waals surface area contributed by atoms with Crippen molar-refractivity contribution in [3.05, 3.63) is 47.0 Å². The Bertz CT molecular complexity index is 2150. The van der Waals surface area contributed by atoms with E-state index in [0.29, 0.717) is 37.5 Å². The number of carbonyl (C=O) groups is 5. The van der Waals surface area contributed by atoms with E-state index in [0.717, 1.165) is 74.5 Å². The molecule has 65 heavy (non-hydrogen) atoms. The number of alkyl carbamates (subject to hydrolysis) is 1. The highest BCUT2D eigenvalue weighted by atomic mass is 16.6. The first-order chi connectivity index (χ1) is 30.2. The van der Waals surface area contributed by atoms with Crippen LogP contribution in [0.2, 0.25) is 0 Å². The first-order valence-electron chi connectivity index (χ1n) is 25.2. The molecule has 10 heteroatoms. The monoisotopic (exact) mass is 897 g/mol. The van der Waals surface area contributed by atoms with Crippen molar-refractivity contribution in [1.29, 1.82) is 0 Å². The van der Waals surface area contributed by atoms with Gasteiger partial charge in [-0.05, 0) is 165 Å². The Labute approximate surface area is 389 Å². The predicted octanol–water partition coefficient (Wildman–Crippen LogP) is 11.1. The van der Waals surface area contributed by atoms with Gasteiger partial charge in [0, 0.05) is 6.42 Å². The maximum atomic E-state index is 14.8. The van der Waals surface area contributed by atoms with Gasteiger partial charge >= 0.3 is 18.0 Å². The molecule has 0 spiro atoms. The first-order valence-corrected chi connectivity index (χ1v) is 25.2. The Morgan fingerprint density at radius 2 is 1.43 bits per heavy atom. The molecule has 0 saturated heterocycles. The van der Waals surface area contributed by atoms with Crippen LogP contribution in [0.4, 0.5) is 4.79 Å². The number of nitrogens with one attached hydrogen (secondary N) is 2. The third-order valence-corrected chi connectivity index (χ3v) is 20.5. The van der Waals surface area contributed by atoms with E-state index in [1.165, 1.54) is 0 Å². The summed E-state index contributed by atoms with van der Waals surface area (Å²) in [5, 5.41) is 17.9. The number of amides is 2. The quantitative estimate of drug-likeness (QED) is 0.208. The van der Waals surface area contributed by atoms with Gasteiger partial charge in [-0.25, -0.2) is 4.79 Å². The van der Waals surface area contributed by atoms with Crippen molar-refractivity contribution in [3.8, 4) is 0 Å². The maximum Gasteiger partial charge on any atom is 0.408 e. The van der Waals surface area contributed by atoms with Crippen LogP contribution in [0, 0.1) is 68.0 Å². The number of carbonyl (C=O) groups excluding carboxylic acids is 4. The lowest BCUT2D eigenvalue weighted by atomic mass is 9.30. The fourth-order valence-corrected chi connectivity index (χ4v) is 17.2. The molecule has 6 saturated carbocycles. The lowest BCUT2D eigenvalue weighted by Crippen LogP contribution is -2.71. The number of esters is 1. The SMILES string of the molecule is CC(C)C1=C2[C@H]3CC[C@@H]4[C@]5(C)CC[C@H]([C@@]6(C(=O)O)C[C@@H](C(=O)OCc7ccccc7)C6(C)C)C(C)(C)[C@H]5CC[C@@]4(C)[C@]3(C)CC[C@@]2(NC(=O)C2(NC(=O)OC(C)(C)C)CCCC2)CC1=O. The second-order valence-corrected chi connectivity index (χ2v) is 25.4. The number of hydrogen-bond donors (Lipinski definition) is 3. The minimum atomic E-state index is -1.09. The van der Waals surface area contributed by atoms with Crippen LogP contribution in [0.25, 0.3) is 0 Å². The van der Waals surface area contributed by atoms with Gasteiger partial charge in [0.05, 0.1) is 16.9 Å². The number of ether oxygens (including phenoxy) is 2. The highest BCUT2D eigenvalue weighted by Crippen LogP contribution is 2.79. The normalized spacial score (nSPS) is 38.9. The number of ketones is 1. The van der Waals surface area contributed by atoms with E-state index in [1.807, 2.05) is 65.0 Å². The Morgan fingerprint density at radius 3 is 2.03 bits per heavy atom. The molecule has 0 aromatic heterocycles. The summed E-state index contributed by atoms with van der Waals surface area (Å²) >= 11 is 0. The summed E-state index contributed by atoms with van der Waals surface area (Å²) in [5.41, 5.74) is -1.98. The number of carboxylic acid groups (broad SMARTS) is 1. The Balaban J connectivity index is 1.06. The molecule has 0 heterocycles. The summed E-state index contributed by atoms with van der Waals surface area (Å²) in [6.45, 7) is 26.1. The molecule has 1 aromatic rings. The average Bonchev–Trinajstić information content (AvgIpc) is 3.79. The number of hydrogen-bond acceptors (Lipinski definition) is 7. The molecule has 0 aliphatic heterocycles. The van der Waals surface area contributed by atoms with Crippen LogP contribution in [0.3, 0.4) is 0 Å². The first kappa shape index (κ1) is 47.8. The van der Waals surface area contributed by atoms with E-state index >= 15 is 0 Å². The lowest BCUT2D eigenvalue weighted by Gasteiger charge is -2.74. The lowest BCUT2D eigenvalue weighted by molar-refractivity contribution is -0.261. The van der Waals surface area contributed by atoms with Gasteiger partial charge in [0.15, 0.2) is 5.78 Å². The summed E-state index contributed by atoms with van der Waals surface area (Å²) in [4.78, 5) is 69.9. The molecule has 0 unspecified atom stereocenters. The van der Waals surface area contributed by atoms with Gasteiger partial charge in [0.1, 0.15) is 17.7 Å². The van der Waals surface area contributed by atoms with Crippen molar-refractivity contribution >= 4 is 29.7 Å². The van der Waals surface area contributed by atoms with Crippen molar-refractivity contribution in [1.82, 2.24) is 10.6 Å². The van der Waals surface area contributed by atoms with Crippen LogP contribution < -0.4 is 10.6 Å². The number of allylic oxidation sites excluding steroid dienone is 1. The molecule has 358 valence electrons. The minimum absolute atomic E-state index is 0.0106. The molecule has 6 fully saturated rings. The van der Waals surface area contributed by atoms with Gasteiger partial charge in [0.2, 0.25) is 5.91 Å². The zero-order valence-corrected chi connectivity index (χ0v) is 41.8. The average molecular weight is 897 g/mol. The highest BCUT2D eigenvalue weighted by molar-refractivity contribution is 6.03. The number of rotatable bonds is 9. The summed E-state index contributed by atoms with van der Waals surface area (Å²) in [6, 6.07) is 9.64. The summed E-state index contributed by atoms with van der Waals surface area (Å²) in [7, 11) is 0. The molecule has 10 atom stereocenters. The van der Waals surface area contributed by atoms with Crippen molar-refractivity contribution in [2.45, 2.75) is 196 Å². The summed E-state index contributed by atoms with van der Waals surface area (Å²) in [5.74, 6) is -0.928. The van der Waals surface area contributed by atoms with Gasteiger partial charge in [-0.2, -0.15) is 0 Å². The number of aliphatic carboxylic acids is 1. The van der Waals surface area contributed by atoms with Crippen molar-refractivity contribution in [2.75, 3.05) is 0 Å².